The lowest BCUT2D eigenvalue weighted by atomic mass is 9.75. The molecule has 0 heterocycles. The second-order valence-electron chi connectivity index (χ2n) is 4.86. The highest BCUT2D eigenvalue weighted by Crippen LogP contribution is 2.42. The van der Waals surface area contributed by atoms with Crippen LogP contribution in [0.5, 0.6) is 0 Å². The van der Waals surface area contributed by atoms with Gasteiger partial charge in [0.15, 0.2) is 0 Å². The Morgan fingerprint density at radius 1 is 1.28 bits per heavy atom. The second-order valence-corrected chi connectivity index (χ2v) is 6.56. The summed E-state index contributed by atoms with van der Waals surface area (Å²) in [5, 5.41) is 0. The van der Waals surface area contributed by atoms with Crippen molar-refractivity contribution in [2.45, 2.75) is 47.0 Å². The van der Waals surface area contributed by atoms with Gasteiger partial charge in [-0.2, -0.15) is 0 Å². The number of esters is 1. The third kappa shape index (κ3) is 5.51. The van der Waals surface area contributed by atoms with Crippen molar-refractivity contribution in [3.05, 3.63) is 0 Å². The molecule has 0 saturated heterocycles. The third-order valence-corrected chi connectivity index (χ3v) is 4.45. The van der Waals surface area contributed by atoms with E-state index in [1.807, 2.05) is 13.8 Å². The van der Waals surface area contributed by atoms with Crippen LogP contribution >= 0.6 is 7.60 Å². The number of hydrogen-bond donors (Lipinski definition) is 2. The molecule has 1 atom stereocenters. The first kappa shape index (κ1) is 17.6. The molecule has 0 aromatic carbocycles. The van der Waals surface area contributed by atoms with E-state index in [0.717, 1.165) is 0 Å². The van der Waals surface area contributed by atoms with Crippen LogP contribution in [0.25, 0.3) is 0 Å². The van der Waals surface area contributed by atoms with Gasteiger partial charge >= 0.3 is 13.6 Å². The minimum absolute atomic E-state index is 0.186. The SMILES string of the molecule is CCOC(=O)C(CC)(CC)CC(C)CP(=O)(O)O. The molecule has 6 heteroatoms. The Bertz CT molecular complexity index is 306. The highest BCUT2D eigenvalue weighted by Gasteiger charge is 2.38. The highest BCUT2D eigenvalue weighted by atomic mass is 31.2. The van der Waals surface area contributed by atoms with Gasteiger partial charge in [-0.1, -0.05) is 20.8 Å². The van der Waals surface area contributed by atoms with Crippen molar-refractivity contribution in [3.63, 3.8) is 0 Å². The molecular formula is C12H25O5P. The number of carbonyl (C=O) groups excluding carboxylic acids is 1. The zero-order valence-electron chi connectivity index (χ0n) is 11.7. The molecule has 0 aliphatic rings. The molecule has 0 saturated carbocycles. The van der Waals surface area contributed by atoms with Crippen LogP contribution in [0.1, 0.15) is 47.0 Å². The molecule has 0 fully saturated rings. The molecule has 0 amide bonds. The maximum Gasteiger partial charge on any atom is 0.325 e. The van der Waals surface area contributed by atoms with Crippen LogP contribution in [0.15, 0.2) is 0 Å². The van der Waals surface area contributed by atoms with Crippen LogP contribution in [-0.4, -0.2) is 28.5 Å². The predicted octanol–water partition coefficient (Wildman–Crippen LogP) is 2.56. The van der Waals surface area contributed by atoms with Crippen LogP contribution < -0.4 is 0 Å². The molecular weight excluding hydrogens is 255 g/mol. The lowest BCUT2D eigenvalue weighted by Gasteiger charge is -2.31. The number of hydrogen-bond acceptors (Lipinski definition) is 3. The van der Waals surface area contributed by atoms with Crippen LogP contribution in [0.3, 0.4) is 0 Å². The van der Waals surface area contributed by atoms with E-state index in [4.69, 9.17) is 14.5 Å². The van der Waals surface area contributed by atoms with Gasteiger partial charge in [-0.25, -0.2) is 0 Å². The minimum atomic E-state index is -4.03. The normalized spacial score (nSPS) is 14.3. The van der Waals surface area contributed by atoms with E-state index in [2.05, 4.69) is 0 Å². The fourth-order valence-electron chi connectivity index (χ4n) is 2.33. The fraction of sp³-hybridized carbons (Fsp3) is 0.917. The van der Waals surface area contributed by atoms with Gasteiger partial charge in [0.25, 0.3) is 0 Å². The van der Waals surface area contributed by atoms with Crippen molar-refractivity contribution in [2.75, 3.05) is 12.8 Å². The van der Waals surface area contributed by atoms with E-state index in [1.165, 1.54) is 0 Å². The summed E-state index contributed by atoms with van der Waals surface area (Å²) in [4.78, 5) is 29.9. The zero-order chi connectivity index (χ0) is 14.4. The summed E-state index contributed by atoms with van der Waals surface area (Å²) in [6.07, 6.45) is 1.50. The first-order chi connectivity index (χ1) is 8.20. The molecule has 2 N–H and O–H groups in total. The quantitative estimate of drug-likeness (QED) is 0.527. The Morgan fingerprint density at radius 3 is 2.11 bits per heavy atom. The molecule has 0 rings (SSSR count). The first-order valence-electron chi connectivity index (χ1n) is 6.42. The average molecular weight is 280 g/mol. The Labute approximate surface area is 109 Å². The summed E-state index contributed by atoms with van der Waals surface area (Å²) in [5.74, 6) is -0.470. The topological polar surface area (TPSA) is 83.8 Å². The van der Waals surface area contributed by atoms with Gasteiger partial charge in [0.2, 0.25) is 0 Å². The van der Waals surface area contributed by atoms with Crippen molar-refractivity contribution in [1.29, 1.82) is 0 Å². The molecule has 0 aromatic rings. The van der Waals surface area contributed by atoms with Gasteiger partial charge in [-0.3, -0.25) is 9.36 Å². The Balaban J connectivity index is 4.80. The van der Waals surface area contributed by atoms with Gasteiger partial charge in [-0.05, 0) is 32.1 Å². The summed E-state index contributed by atoms with van der Waals surface area (Å²) in [6.45, 7) is 7.66. The molecule has 0 bridgehead atoms. The summed E-state index contributed by atoms with van der Waals surface area (Å²) < 4.78 is 16.1. The predicted molar refractivity (Wildman–Crippen MR) is 70.3 cm³/mol. The average Bonchev–Trinajstić information content (AvgIpc) is 2.23. The monoisotopic (exact) mass is 280 g/mol. The minimum Gasteiger partial charge on any atom is -0.466 e. The first-order valence-corrected chi connectivity index (χ1v) is 8.22. The van der Waals surface area contributed by atoms with Gasteiger partial charge < -0.3 is 14.5 Å². The lowest BCUT2D eigenvalue weighted by Crippen LogP contribution is -2.34. The van der Waals surface area contributed by atoms with Gasteiger partial charge in [0.05, 0.1) is 18.2 Å². The van der Waals surface area contributed by atoms with Crippen molar-refractivity contribution >= 4 is 13.6 Å². The smallest absolute Gasteiger partial charge is 0.325 e. The van der Waals surface area contributed by atoms with Gasteiger partial charge in [-0.15, -0.1) is 0 Å². The molecule has 0 radical (unpaired) electrons. The number of ether oxygens (including phenoxy) is 1. The molecule has 0 aromatic heterocycles. The summed E-state index contributed by atoms with van der Waals surface area (Å²) in [5.41, 5.74) is -0.620. The Morgan fingerprint density at radius 2 is 1.78 bits per heavy atom. The molecule has 5 nitrogen and oxygen atoms in total. The largest absolute Gasteiger partial charge is 0.466 e. The van der Waals surface area contributed by atoms with E-state index in [1.54, 1.807) is 13.8 Å². The maximum absolute atomic E-state index is 12.0. The molecule has 0 spiro atoms. The standard InChI is InChI=1S/C12H25O5P/c1-5-12(6-2,11(13)17-7-3)8-10(4)9-18(14,15)16/h10H,5-9H2,1-4H3,(H2,14,15,16). The Hall–Kier alpha value is -0.380. The molecule has 0 aliphatic carbocycles. The molecule has 1 unspecified atom stereocenters. The third-order valence-electron chi connectivity index (χ3n) is 3.35. The van der Waals surface area contributed by atoms with Gasteiger partial charge in [0.1, 0.15) is 0 Å². The number of rotatable bonds is 8. The van der Waals surface area contributed by atoms with Crippen molar-refractivity contribution < 1.29 is 23.9 Å². The van der Waals surface area contributed by atoms with Crippen molar-refractivity contribution in [2.24, 2.45) is 11.3 Å². The summed E-state index contributed by atoms with van der Waals surface area (Å²) in [6, 6.07) is 0. The van der Waals surface area contributed by atoms with Crippen molar-refractivity contribution in [3.8, 4) is 0 Å². The van der Waals surface area contributed by atoms with Crippen LogP contribution in [0.2, 0.25) is 0 Å². The van der Waals surface area contributed by atoms with E-state index in [-0.39, 0.29) is 18.0 Å². The van der Waals surface area contributed by atoms with Crippen LogP contribution in [0, 0.1) is 11.3 Å². The summed E-state index contributed by atoms with van der Waals surface area (Å²) >= 11 is 0. The zero-order valence-corrected chi connectivity index (χ0v) is 12.6. The van der Waals surface area contributed by atoms with Gasteiger partial charge in [0, 0.05) is 0 Å². The van der Waals surface area contributed by atoms with Crippen LogP contribution in [0.4, 0.5) is 0 Å². The van der Waals surface area contributed by atoms with E-state index >= 15 is 0 Å². The van der Waals surface area contributed by atoms with E-state index in [9.17, 15) is 9.36 Å². The Kier molecular flexibility index (Phi) is 7.11. The highest BCUT2D eigenvalue weighted by molar-refractivity contribution is 7.51. The lowest BCUT2D eigenvalue weighted by molar-refractivity contribution is -0.157. The van der Waals surface area contributed by atoms with E-state index in [0.29, 0.717) is 25.9 Å². The molecule has 0 aliphatic heterocycles. The molecule has 18 heavy (non-hydrogen) atoms. The maximum atomic E-state index is 12.0. The van der Waals surface area contributed by atoms with Crippen LogP contribution in [-0.2, 0) is 14.1 Å². The van der Waals surface area contributed by atoms with E-state index < -0.39 is 13.0 Å². The fourth-order valence-corrected chi connectivity index (χ4v) is 3.27. The molecule has 108 valence electrons. The second kappa shape index (κ2) is 7.27. The number of carbonyl (C=O) groups is 1. The summed E-state index contributed by atoms with van der Waals surface area (Å²) in [7, 11) is -4.03. The van der Waals surface area contributed by atoms with Crippen molar-refractivity contribution in [1.82, 2.24) is 0 Å².